The Hall–Kier alpha value is -2.26. The molecule has 1 aromatic carbocycles. The Balaban J connectivity index is 1.96. The van der Waals surface area contributed by atoms with Crippen LogP contribution in [0.3, 0.4) is 0 Å². The lowest BCUT2D eigenvalue weighted by molar-refractivity contribution is 0.520. The molecule has 9 heteroatoms. The number of hydrogen-bond acceptors (Lipinski definition) is 4. The SMILES string of the molecule is Cc1c(Cc2ccc(S(=O)(=O)N(C)C)cc2)c2ncccc2n1C/C(F)=C/CNCl. The number of pyridine rings is 1. The van der Waals surface area contributed by atoms with E-state index in [0.29, 0.717) is 6.42 Å². The van der Waals surface area contributed by atoms with Gasteiger partial charge in [-0.25, -0.2) is 21.9 Å². The molecule has 30 heavy (non-hydrogen) atoms. The molecule has 0 atom stereocenters. The molecule has 0 aliphatic carbocycles. The highest BCUT2D eigenvalue weighted by atomic mass is 35.5. The average Bonchev–Trinajstić information content (AvgIpc) is 2.98. The molecule has 0 aliphatic rings. The predicted molar refractivity (Wildman–Crippen MR) is 118 cm³/mol. The molecule has 0 bridgehead atoms. The van der Waals surface area contributed by atoms with Crippen LogP contribution in [0, 0.1) is 6.92 Å². The third-order valence-electron chi connectivity index (χ3n) is 5.00. The van der Waals surface area contributed by atoms with Gasteiger partial charge in [0.25, 0.3) is 0 Å². The van der Waals surface area contributed by atoms with Gasteiger partial charge < -0.3 is 4.57 Å². The lowest BCUT2D eigenvalue weighted by atomic mass is 10.0. The van der Waals surface area contributed by atoms with Gasteiger partial charge in [0.2, 0.25) is 10.0 Å². The van der Waals surface area contributed by atoms with Crippen molar-refractivity contribution < 1.29 is 12.8 Å². The Morgan fingerprint density at radius 3 is 2.60 bits per heavy atom. The lowest BCUT2D eigenvalue weighted by Crippen LogP contribution is -2.22. The zero-order valence-electron chi connectivity index (χ0n) is 17.1. The van der Waals surface area contributed by atoms with Gasteiger partial charge in [-0.15, -0.1) is 0 Å². The first kappa shape index (κ1) is 22.4. The highest BCUT2D eigenvalue weighted by Gasteiger charge is 2.19. The molecule has 0 fully saturated rings. The molecule has 0 amide bonds. The Labute approximate surface area is 181 Å². The number of fused-ring (bicyclic) bond motifs is 1. The number of aromatic nitrogens is 2. The summed E-state index contributed by atoms with van der Waals surface area (Å²) in [5.41, 5.74) is 4.50. The maximum absolute atomic E-state index is 14.3. The van der Waals surface area contributed by atoms with E-state index in [1.54, 1.807) is 30.5 Å². The van der Waals surface area contributed by atoms with Crippen LogP contribution >= 0.6 is 11.8 Å². The Kier molecular flexibility index (Phi) is 6.92. The molecule has 3 aromatic rings. The number of hydrogen-bond donors (Lipinski definition) is 1. The van der Waals surface area contributed by atoms with Crippen molar-refractivity contribution in [2.45, 2.75) is 24.8 Å². The van der Waals surface area contributed by atoms with Crippen molar-refractivity contribution in [2.75, 3.05) is 20.6 Å². The topological polar surface area (TPSA) is 67.2 Å². The molecule has 2 aromatic heterocycles. The first-order chi connectivity index (χ1) is 14.3. The highest BCUT2D eigenvalue weighted by molar-refractivity contribution is 7.89. The van der Waals surface area contributed by atoms with Crippen LogP contribution < -0.4 is 4.84 Å². The number of rotatable bonds is 8. The van der Waals surface area contributed by atoms with Crippen LogP contribution in [-0.4, -0.2) is 42.9 Å². The molecule has 3 rings (SSSR count). The van der Waals surface area contributed by atoms with E-state index in [0.717, 1.165) is 27.9 Å². The van der Waals surface area contributed by atoms with E-state index in [1.807, 2.05) is 23.6 Å². The second kappa shape index (κ2) is 9.26. The van der Waals surface area contributed by atoms with Crippen LogP contribution in [0.1, 0.15) is 16.8 Å². The van der Waals surface area contributed by atoms with E-state index in [9.17, 15) is 12.8 Å². The van der Waals surface area contributed by atoms with E-state index in [4.69, 9.17) is 11.8 Å². The van der Waals surface area contributed by atoms with Crippen LogP contribution in [0.25, 0.3) is 11.0 Å². The Morgan fingerprint density at radius 2 is 1.97 bits per heavy atom. The maximum atomic E-state index is 14.3. The van der Waals surface area contributed by atoms with Gasteiger partial charge in [0, 0.05) is 44.5 Å². The average molecular weight is 451 g/mol. The fraction of sp³-hybridized carbons (Fsp3) is 0.286. The van der Waals surface area contributed by atoms with Crippen molar-refractivity contribution in [1.82, 2.24) is 18.7 Å². The number of allylic oxidation sites excluding steroid dienone is 1. The highest BCUT2D eigenvalue weighted by Crippen LogP contribution is 2.28. The first-order valence-electron chi connectivity index (χ1n) is 9.38. The fourth-order valence-electron chi connectivity index (χ4n) is 3.34. The normalized spacial score (nSPS) is 12.8. The summed E-state index contributed by atoms with van der Waals surface area (Å²) in [5, 5.41) is 0. The minimum absolute atomic E-state index is 0.0899. The van der Waals surface area contributed by atoms with E-state index in [2.05, 4.69) is 9.82 Å². The summed E-state index contributed by atoms with van der Waals surface area (Å²) in [6, 6.07) is 10.6. The summed E-state index contributed by atoms with van der Waals surface area (Å²) in [7, 11) is -0.464. The minimum atomic E-state index is -3.47. The summed E-state index contributed by atoms with van der Waals surface area (Å²) in [6.07, 6.45) is 3.67. The van der Waals surface area contributed by atoms with Gasteiger partial charge in [-0.2, -0.15) is 0 Å². The lowest BCUT2D eigenvalue weighted by Gasteiger charge is -2.12. The van der Waals surface area contributed by atoms with Crippen molar-refractivity contribution in [1.29, 1.82) is 0 Å². The number of benzene rings is 1. The van der Waals surface area contributed by atoms with Crippen molar-refractivity contribution >= 4 is 32.8 Å². The molecule has 0 spiro atoms. The molecular weight excluding hydrogens is 427 g/mol. The molecule has 0 aliphatic heterocycles. The second-order valence-corrected chi connectivity index (χ2v) is 9.54. The van der Waals surface area contributed by atoms with Crippen LogP contribution in [0.15, 0.2) is 59.4 Å². The van der Waals surface area contributed by atoms with E-state index < -0.39 is 10.0 Å². The van der Waals surface area contributed by atoms with Crippen molar-refractivity contribution in [3.8, 4) is 0 Å². The van der Waals surface area contributed by atoms with Gasteiger partial charge in [0.05, 0.1) is 22.5 Å². The van der Waals surface area contributed by atoms with Gasteiger partial charge in [0.1, 0.15) is 5.83 Å². The third kappa shape index (κ3) is 4.57. The molecule has 0 radical (unpaired) electrons. The second-order valence-electron chi connectivity index (χ2n) is 7.12. The molecule has 0 saturated carbocycles. The first-order valence-corrected chi connectivity index (χ1v) is 11.2. The van der Waals surface area contributed by atoms with Crippen LogP contribution in [0.2, 0.25) is 0 Å². The summed E-state index contributed by atoms with van der Waals surface area (Å²) >= 11 is 5.41. The van der Waals surface area contributed by atoms with E-state index in [-0.39, 0.29) is 23.8 Å². The zero-order valence-corrected chi connectivity index (χ0v) is 18.6. The smallest absolute Gasteiger partial charge is 0.242 e. The number of halogens is 2. The maximum Gasteiger partial charge on any atom is 0.242 e. The van der Waals surface area contributed by atoms with Gasteiger partial charge in [-0.1, -0.05) is 12.1 Å². The zero-order chi connectivity index (χ0) is 21.9. The van der Waals surface area contributed by atoms with E-state index in [1.165, 1.54) is 24.5 Å². The van der Waals surface area contributed by atoms with Crippen LogP contribution in [-0.2, 0) is 23.0 Å². The summed E-state index contributed by atoms with van der Waals surface area (Å²) in [4.78, 5) is 7.14. The molecule has 6 nitrogen and oxygen atoms in total. The van der Waals surface area contributed by atoms with Crippen molar-refractivity contribution in [3.63, 3.8) is 0 Å². The molecular formula is C21H24ClFN4O2S. The standard InChI is InChI=1S/C21H24ClFN4O2S/c1-15-19(13-16-6-8-18(9-7-16)30(28,29)26(2)3)21-20(5-4-11-24-21)27(15)14-17(23)10-12-25-22/h4-11,25H,12-14H2,1-3H3/b17-10-. The van der Waals surface area contributed by atoms with Gasteiger partial charge in [0.15, 0.2) is 0 Å². The number of nitrogens with one attached hydrogen (secondary N) is 1. The van der Waals surface area contributed by atoms with E-state index >= 15 is 0 Å². The summed E-state index contributed by atoms with van der Waals surface area (Å²) < 4.78 is 41.9. The third-order valence-corrected chi connectivity index (χ3v) is 6.98. The number of nitrogens with zero attached hydrogens (tertiary/aromatic N) is 3. The van der Waals surface area contributed by atoms with Crippen molar-refractivity contribution in [2.24, 2.45) is 0 Å². The number of sulfonamides is 1. The largest absolute Gasteiger partial charge is 0.336 e. The fourth-order valence-corrected chi connectivity index (χ4v) is 4.32. The van der Waals surface area contributed by atoms with Gasteiger partial charge in [-0.05, 0) is 54.6 Å². The van der Waals surface area contributed by atoms with Crippen molar-refractivity contribution in [3.05, 3.63) is 71.3 Å². The van der Waals surface area contributed by atoms with Crippen LogP contribution in [0.4, 0.5) is 4.39 Å². The molecule has 0 unspecified atom stereocenters. The molecule has 2 heterocycles. The minimum Gasteiger partial charge on any atom is -0.336 e. The Morgan fingerprint density at radius 1 is 1.27 bits per heavy atom. The monoisotopic (exact) mass is 450 g/mol. The van der Waals surface area contributed by atoms with Gasteiger partial charge in [-0.3, -0.25) is 4.98 Å². The Bertz CT molecular complexity index is 1170. The van der Waals surface area contributed by atoms with Crippen LogP contribution in [0.5, 0.6) is 0 Å². The summed E-state index contributed by atoms with van der Waals surface area (Å²) in [6.45, 7) is 2.26. The quantitative estimate of drug-likeness (QED) is 0.530. The molecule has 0 saturated heterocycles. The molecule has 160 valence electrons. The predicted octanol–water partition coefficient (Wildman–Crippen LogP) is 3.78. The van der Waals surface area contributed by atoms with Gasteiger partial charge >= 0.3 is 0 Å². The molecule has 1 N–H and O–H groups in total. The summed E-state index contributed by atoms with van der Waals surface area (Å²) in [5.74, 6) is -0.295.